The van der Waals surface area contributed by atoms with Crippen LogP contribution < -0.4 is 11.5 Å². The number of anilines is 2. The lowest BCUT2D eigenvalue weighted by molar-refractivity contribution is 1.12. The lowest BCUT2D eigenvalue weighted by atomic mass is 10.0. The second-order valence-corrected chi connectivity index (χ2v) is 5.49. The molecule has 2 aromatic rings. The Morgan fingerprint density at radius 3 is 1.95 bits per heavy atom. The van der Waals surface area contributed by atoms with Crippen LogP contribution in [0.1, 0.15) is 35.4 Å². The average molecular weight is 311 g/mol. The molecule has 110 valence electrons. The summed E-state index contributed by atoms with van der Waals surface area (Å²) < 4.78 is 0. The van der Waals surface area contributed by atoms with Crippen LogP contribution in [-0.4, -0.2) is 0 Å². The number of halogens is 1. The summed E-state index contributed by atoms with van der Waals surface area (Å²) in [6, 6.07) is 14.4. The van der Waals surface area contributed by atoms with Crippen molar-refractivity contribution in [2.75, 3.05) is 11.5 Å². The van der Waals surface area contributed by atoms with Gasteiger partial charge in [-0.3, -0.25) is 0 Å². The highest BCUT2D eigenvalue weighted by Crippen LogP contribution is 2.42. The van der Waals surface area contributed by atoms with E-state index in [4.69, 9.17) is 33.6 Å². The second kappa shape index (κ2) is 6.85. The first-order chi connectivity index (χ1) is 10.5. The molecule has 4 N–H and O–H groups in total. The highest BCUT2D eigenvalue weighted by Gasteiger charge is 2.25. The van der Waals surface area contributed by atoms with Crippen molar-refractivity contribution in [3.05, 3.63) is 58.1 Å². The van der Waals surface area contributed by atoms with E-state index in [-0.39, 0.29) is 0 Å². The molecular weight excluding hydrogens is 296 g/mol. The van der Waals surface area contributed by atoms with Gasteiger partial charge in [-0.05, 0) is 60.7 Å². The molecule has 0 amide bonds. The zero-order valence-electron chi connectivity index (χ0n) is 11.9. The fourth-order valence-electron chi connectivity index (χ4n) is 2.04. The van der Waals surface area contributed by atoms with Crippen molar-refractivity contribution in [2.45, 2.75) is 18.8 Å². The molecule has 5 heteroatoms. The van der Waals surface area contributed by atoms with E-state index in [0.717, 1.165) is 16.8 Å². The Balaban J connectivity index is 0.000000164. The van der Waals surface area contributed by atoms with Gasteiger partial charge in [0.1, 0.15) is 6.07 Å². The highest BCUT2D eigenvalue weighted by atomic mass is 35.5. The number of hydrogen-bond donors (Lipinski definition) is 2. The molecule has 4 nitrogen and oxygen atoms in total. The van der Waals surface area contributed by atoms with E-state index in [1.165, 1.54) is 12.8 Å². The zero-order chi connectivity index (χ0) is 16.1. The Kier molecular flexibility index (Phi) is 4.88. The Bertz CT molecular complexity index is 767. The summed E-state index contributed by atoms with van der Waals surface area (Å²) in [5, 5.41) is 17.6. The van der Waals surface area contributed by atoms with Crippen LogP contribution in [-0.2, 0) is 0 Å². The van der Waals surface area contributed by atoms with Gasteiger partial charge in [0, 0.05) is 11.4 Å². The topological polar surface area (TPSA) is 99.6 Å². The molecule has 22 heavy (non-hydrogen) atoms. The van der Waals surface area contributed by atoms with Crippen molar-refractivity contribution in [1.82, 2.24) is 0 Å². The van der Waals surface area contributed by atoms with Gasteiger partial charge in [0.15, 0.2) is 0 Å². The number of rotatable bonds is 1. The van der Waals surface area contributed by atoms with Crippen LogP contribution in [0.15, 0.2) is 36.4 Å². The fraction of sp³-hybridized carbons (Fsp3) is 0.176. The van der Waals surface area contributed by atoms with E-state index in [9.17, 15) is 0 Å². The molecule has 2 aromatic carbocycles. The summed E-state index contributed by atoms with van der Waals surface area (Å²) in [5.74, 6) is 0.600. The van der Waals surface area contributed by atoms with Crippen molar-refractivity contribution in [3.8, 4) is 12.1 Å². The average Bonchev–Trinajstić information content (AvgIpc) is 3.32. The summed E-state index contributed by atoms with van der Waals surface area (Å²) in [7, 11) is 0. The minimum Gasteiger partial charge on any atom is -0.399 e. The predicted octanol–water partition coefficient (Wildman–Crippen LogP) is 3.81. The van der Waals surface area contributed by atoms with Crippen molar-refractivity contribution in [2.24, 2.45) is 0 Å². The van der Waals surface area contributed by atoms with Gasteiger partial charge < -0.3 is 11.5 Å². The molecule has 0 atom stereocenters. The Hall–Kier alpha value is -2.69. The molecule has 0 radical (unpaired) electrons. The van der Waals surface area contributed by atoms with Crippen molar-refractivity contribution in [1.29, 1.82) is 10.5 Å². The van der Waals surface area contributed by atoms with E-state index >= 15 is 0 Å². The fourth-order valence-corrected chi connectivity index (χ4v) is 2.27. The Morgan fingerprint density at radius 2 is 1.45 bits per heavy atom. The van der Waals surface area contributed by atoms with Gasteiger partial charge in [0.05, 0.1) is 22.2 Å². The van der Waals surface area contributed by atoms with Crippen LogP contribution in [0.2, 0.25) is 5.02 Å². The predicted molar refractivity (Wildman–Crippen MR) is 88.1 cm³/mol. The summed E-state index contributed by atoms with van der Waals surface area (Å²) in [4.78, 5) is 0. The van der Waals surface area contributed by atoms with E-state index in [0.29, 0.717) is 22.2 Å². The Morgan fingerprint density at radius 1 is 0.909 bits per heavy atom. The van der Waals surface area contributed by atoms with Gasteiger partial charge in [0.25, 0.3) is 0 Å². The minimum absolute atomic E-state index is 0.405. The first-order valence-corrected chi connectivity index (χ1v) is 7.17. The third-order valence-corrected chi connectivity index (χ3v) is 3.64. The highest BCUT2D eigenvalue weighted by molar-refractivity contribution is 6.32. The molecular formula is C17H15ClN4. The summed E-state index contributed by atoms with van der Waals surface area (Å²) in [6.07, 6.45) is 2.41. The molecule has 1 saturated carbocycles. The summed E-state index contributed by atoms with van der Waals surface area (Å²) in [5.41, 5.74) is 14.7. The first kappa shape index (κ1) is 15.7. The molecule has 0 heterocycles. The largest absolute Gasteiger partial charge is 0.399 e. The molecule has 0 aromatic heterocycles. The molecule has 1 aliphatic rings. The molecule has 0 bridgehead atoms. The van der Waals surface area contributed by atoms with Gasteiger partial charge in [-0.25, -0.2) is 0 Å². The standard InChI is InChI=1S/C10H10N2.C7H5ClN2/c11-6-8-3-4-9(12)5-10(8)7-1-2-7;8-7-3-6(10)2-1-5(7)4-9/h3-5,7H,1-2,12H2;1-3H,10H2. The first-order valence-electron chi connectivity index (χ1n) is 6.79. The monoisotopic (exact) mass is 310 g/mol. The van der Waals surface area contributed by atoms with Gasteiger partial charge in [-0.1, -0.05) is 11.6 Å². The Labute approximate surface area is 134 Å². The smallest absolute Gasteiger partial charge is 0.101 e. The summed E-state index contributed by atoms with van der Waals surface area (Å²) in [6.45, 7) is 0. The molecule has 0 unspecified atom stereocenters. The molecule has 1 aliphatic carbocycles. The van der Waals surface area contributed by atoms with Gasteiger partial charge in [-0.2, -0.15) is 10.5 Å². The maximum atomic E-state index is 8.80. The second-order valence-electron chi connectivity index (χ2n) is 5.08. The van der Waals surface area contributed by atoms with Crippen LogP contribution in [0.4, 0.5) is 11.4 Å². The minimum atomic E-state index is 0.405. The van der Waals surface area contributed by atoms with E-state index in [1.807, 2.05) is 18.2 Å². The SMILES string of the molecule is N#Cc1ccc(N)cc1C1CC1.N#Cc1ccc(N)cc1Cl. The number of nitriles is 2. The quantitative estimate of drug-likeness (QED) is 0.782. The molecule has 0 aliphatic heterocycles. The van der Waals surface area contributed by atoms with Crippen molar-refractivity contribution < 1.29 is 0 Å². The lowest BCUT2D eigenvalue weighted by Gasteiger charge is -2.01. The number of nitrogen functional groups attached to an aromatic ring is 2. The molecule has 0 spiro atoms. The number of benzene rings is 2. The van der Waals surface area contributed by atoms with E-state index < -0.39 is 0 Å². The third-order valence-electron chi connectivity index (χ3n) is 3.33. The van der Waals surface area contributed by atoms with Crippen molar-refractivity contribution in [3.63, 3.8) is 0 Å². The third kappa shape index (κ3) is 3.91. The van der Waals surface area contributed by atoms with Crippen LogP contribution in [0.5, 0.6) is 0 Å². The molecule has 3 rings (SSSR count). The normalized spacial score (nSPS) is 12.5. The van der Waals surface area contributed by atoms with Crippen molar-refractivity contribution >= 4 is 23.0 Å². The molecule has 0 saturated heterocycles. The molecule has 1 fully saturated rings. The van der Waals surface area contributed by atoms with E-state index in [2.05, 4.69) is 6.07 Å². The van der Waals surface area contributed by atoms with Gasteiger partial charge in [-0.15, -0.1) is 0 Å². The van der Waals surface area contributed by atoms with Gasteiger partial charge >= 0.3 is 0 Å². The number of nitrogens with zero attached hydrogens (tertiary/aromatic N) is 2. The van der Waals surface area contributed by atoms with Crippen LogP contribution in [0, 0.1) is 22.7 Å². The van der Waals surface area contributed by atoms with E-state index in [1.54, 1.807) is 24.3 Å². The van der Waals surface area contributed by atoms with Gasteiger partial charge in [0.2, 0.25) is 0 Å². The zero-order valence-corrected chi connectivity index (χ0v) is 12.6. The lowest BCUT2D eigenvalue weighted by Crippen LogP contribution is -1.91. The maximum Gasteiger partial charge on any atom is 0.101 e. The van der Waals surface area contributed by atoms with Crippen LogP contribution in [0.3, 0.4) is 0 Å². The number of hydrogen-bond acceptors (Lipinski definition) is 4. The summed E-state index contributed by atoms with van der Waals surface area (Å²) >= 11 is 5.63. The number of nitrogens with two attached hydrogens (primary N) is 2. The van der Waals surface area contributed by atoms with Crippen LogP contribution in [0.25, 0.3) is 0 Å². The maximum absolute atomic E-state index is 8.80. The van der Waals surface area contributed by atoms with Crippen LogP contribution >= 0.6 is 11.6 Å².